The van der Waals surface area contributed by atoms with Gasteiger partial charge in [-0.2, -0.15) is 4.31 Å². The summed E-state index contributed by atoms with van der Waals surface area (Å²) in [4.78, 5) is 0.318. The minimum Gasteiger partial charge on any atom is -0.355 e. The van der Waals surface area contributed by atoms with E-state index in [1.807, 2.05) is 39.8 Å². The molecule has 0 aliphatic carbocycles. The SMILES string of the molecule is Cc1ccc(S(=O)(=O)N(C2CO2)C(C)(C)C)cc1. The van der Waals surface area contributed by atoms with E-state index in [0.29, 0.717) is 11.5 Å². The molecule has 1 heterocycles. The third kappa shape index (κ3) is 2.58. The number of epoxide rings is 1. The van der Waals surface area contributed by atoms with E-state index in [1.54, 1.807) is 12.1 Å². The molecule has 2 rings (SSSR count). The summed E-state index contributed by atoms with van der Waals surface area (Å²) in [5, 5.41) is 0. The van der Waals surface area contributed by atoms with Crippen molar-refractivity contribution < 1.29 is 13.2 Å². The second-order valence-electron chi connectivity index (χ2n) is 5.57. The first-order valence-electron chi connectivity index (χ1n) is 5.96. The first-order valence-corrected chi connectivity index (χ1v) is 7.40. The van der Waals surface area contributed by atoms with E-state index in [4.69, 9.17) is 4.74 Å². The van der Waals surface area contributed by atoms with Crippen LogP contribution in [0.3, 0.4) is 0 Å². The van der Waals surface area contributed by atoms with Gasteiger partial charge in [0.1, 0.15) is 6.23 Å². The van der Waals surface area contributed by atoms with Crippen LogP contribution < -0.4 is 0 Å². The third-order valence-electron chi connectivity index (χ3n) is 2.82. The zero-order chi connectivity index (χ0) is 13.6. The third-order valence-corrected chi connectivity index (χ3v) is 4.98. The fraction of sp³-hybridized carbons (Fsp3) is 0.538. The number of aryl methyl sites for hydroxylation is 1. The Morgan fingerprint density at radius 2 is 1.72 bits per heavy atom. The lowest BCUT2D eigenvalue weighted by Crippen LogP contribution is -2.47. The summed E-state index contributed by atoms with van der Waals surface area (Å²) >= 11 is 0. The lowest BCUT2D eigenvalue weighted by atomic mass is 10.1. The molecule has 1 aliphatic heterocycles. The maximum Gasteiger partial charge on any atom is 0.245 e. The van der Waals surface area contributed by atoms with Crippen LogP contribution in [0.4, 0.5) is 0 Å². The first-order chi connectivity index (χ1) is 8.23. The minimum atomic E-state index is -3.50. The number of ether oxygens (including phenoxy) is 1. The molecule has 1 aliphatic rings. The van der Waals surface area contributed by atoms with Crippen molar-refractivity contribution in [3.63, 3.8) is 0 Å². The van der Waals surface area contributed by atoms with Gasteiger partial charge in [-0.15, -0.1) is 0 Å². The molecule has 18 heavy (non-hydrogen) atoms. The molecule has 1 fully saturated rings. The predicted octanol–water partition coefficient (Wildman–Crippen LogP) is 2.14. The van der Waals surface area contributed by atoms with Crippen molar-refractivity contribution in [3.05, 3.63) is 29.8 Å². The molecule has 1 unspecified atom stereocenters. The van der Waals surface area contributed by atoms with Gasteiger partial charge in [0.15, 0.2) is 0 Å². The van der Waals surface area contributed by atoms with Crippen LogP contribution in [0, 0.1) is 6.92 Å². The zero-order valence-electron chi connectivity index (χ0n) is 11.2. The van der Waals surface area contributed by atoms with E-state index in [9.17, 15) is 8.42 Å². The molecule has 1 aromatic rings. The summed E-state index contributed by atoms with van der Waals surface area (Å²) in [5.74, 6) is 0. The van der Waals surface area contributed by atoms with Crippen molar-refractivity contribution >= 4 is 10.0 Å². The second-order valence-corrected chi connectivity index (χ2v) is 7.39. The van der Waals surface area contributed by atoms with Gasteiger partial charge in [-0.1, -0.05) is 17.7 Å². The Balaban J connectivity index is 2.43. The molecule has 0 aromatic heterocycles. The van der Waals surface area contributed by atoms with Crippen LogP contribution in [0.1, 0.15) is 26.3 Å². The summed E-state index contributed by atoms with van der Waals surface area (Å²) < 4.78 is 31.9. The van der Waals surface area contributed by atoms with Crippen LogP contribution in [0.15, 0.2) is 29.2 Å². The molecule has 5 heteroatoms. The maximum atomic E-state index is 12.6. The van der Waals surface area contributed by atoms with Crippen LogP contribution in [-0.2, 0) is 14.8 Å². The molecule has 0 saturated carbocycles. The fourth-order valence-corrected chi connectivity index (χ4v) is 3.81. The normalized spacial score (nSPS) is 20.2. The maximum absolute atomic E-state index is 12.6. The van der Waals surface area contributed by atoms with E-state index in [0.717, 1.165) is 5.56 Å². The molecule has 0 radical (unpaired) electrons. The molecular weight excluding hydrogens is 250 g/mol. The summed E-state index contributed by atoms with van der Waals surface area (Å²) in [6.07, 6.45) is -0.323. The van der Waals surface area contributed by atoms with Crippen LogP contribution >= 0.6 is 0 Å². The predicted molar refractivity (Wildman–Crippen MR) is 69.7 cm³/mol. The molecule has 1 atom stereocenters. The molecule has 1 aromatic carbocycles. The van der Waals surface area contributed by atoms with Crippen LogP contribution in [-0.4, -0.2) is 31.1 Å². The average molecular weight is 269 g/mol. The Labute approximate surface area is 109 Å². The van der Waals surface area contributed by atoms with Crippen LogP contribution in [0.5, 0.6) is 0 Å². The van der Waals surface area contributed by atoms with Crippen molar-refractivity contribution in [2.75, 3.05) is 6.61 Å². The summed E-state index contributed by atoms with van der Waals surface area (Å²) in [6, 6.07) is 6.90. The monoisotopic (exact) mass is 269 g/mol. The number of rotatable bonds is 3. The smallest absolute Gasteiger partial charge is 0.245 e. The van der Waals surface area contributed by atoms with Gasteiger partial charge in [0.25, 0.3) is 0 Å². The number of hydrogen-bond donors (Lipinski definition) is 0. The average Bonchev–Trinajstić information content (AvgIpc) is 3.00. The van der Waals surface area contributed by atoms with Gasteiger partial charge in [0.2, 0.25) is 10.0 Å². The Morgan fingerprint density at radius 1 is 1.22 bits per heavy atom. The number of benzene rings is 1. The molecule has 0 bridgehead atoms. The zero-order valence-corrected chi connectivity index (χ0v) is 12.0. The van der Waals surface area contributed by atoms with Crippen molar-refractivity contribution in [1.29, 1.82) is 0 Å². The Bertz CT molecular complexity index is 524. The van der Waals surface area contributed by atoms with Gasteiger partial charge in [0.05, 0.1) is 11.5 Å². The molecule has 0 N–H and O–H groups in total. The minimum absolute atomic E-state index is 0.318. The van der Waals surface area contributed by atoms with E-state index in [1.165, 1.54) is 4.31 Å². The second kappa shape index (κ2) is 4.33. The van der Waals surface area contributed by atoms with Gasteiger partial charge in [-0.05, 0) is 39.8 Å². The van der Waals surface area contributed by atoms with Crippen LogP contribution in [0.2, 0.25) is 0 Å². The lowest BCUT2D eigenvalue weighted by Gasteiger charge is -2.33. The fourth-order valence-electron chi connectivity index (χ4n) is 1.95. The Morgan fingerprint density at radius 3 is 2.11 bits per heavy atom. The number of hydrogen-bond acceptors (Lipinski definition) is 3. The highest BCUT2D eigenvalue weighted by atomic mass is 32.2. The number of nitrogens with zero attached hydrogens (tertiary/aromatic N) is 1. The van der Waals surface area contributed by atoms with E-state index < -0.39 is 15.6 Å². The quantitative estimate of drug-likeness (QED) is 0.790. The van der Waals surface area contributed by atoms with Gasteiger partial charge >= 0.3 is 0 Å². The molecule has 0 spiro atoms. The van der Waals surface area contributed by atoms with Crippen molar-refractivity contribution in [3.8, 4) is 0 Å². The molecule has 0 amide bonds. The molecule has 4 nitrogen and oxygen atoms in total. The Hall–Kier alpha value is -0.910. The molecule has 1 saturated heterocycles. The molecule has 100 valence electrons. The van der Waals surface area contributed by atoms with Crippen LogP contribution in [0.25, 0.3) is 0 Å². The van der Waals surface area contributed by atoms with Crippen molar-refractivity contribution in [2.24, 2.45) is 0 Å². The highest BCUT2D eigenvalue weighted by Gasteiger charge is 2.45. The van der Waals surface area contributed by atoms with Gasteiger partial charge in [-0.25, -0.2) is 8.42 Å². The van der Waals surface area contributed by atoms with E-state index >= 15 is 0 Å². The topological polar surface area (TPSA) is 49.9 Å². The van der Waals surface area contributed by atoms with Gasteiger partial charge < -0.3 is 4.74 Å². The van der Waals surface area contributed by atoms with Gasteiger partial charge in [0, 0.05) is 5.54 Å². The number of sulfonamides is 1. The van der Waals surface area contributed by atoms with Crippen molar-refractivity contribution in [2.45, 2.75) is 44.4 Å². The highest BCUT2D eigenvalue weighted by Crippen LogP contribution is 2.32. The molecular formula is C13H19NO3S. The summed E-state index contributed by atoms with van der Waals surface area (Å²) in [6.45, 7) is 8.03. The first kappa shape index (κ1) is 13.5. The van der Waals surface area contributed by atoms with E-state index in [2.05, 4.69) is 0 Å². The van der Waals surface area contributed by atoms with E-state index in [-0.39, 0.29) is 6.23 Å². The summed E-state index contributed by atoms with van der Waals surface area (Å²) in [7, 11) is -3.50. The largest absolute Gasteiger partial charge is 0.355 e. The highest BCUT2D eigenvalue weighted by molar-refractivity contribution is 7.89. The lowest BCUT2D eigenvalue weighted by molar-refractivity contribution is 0.173. The Kier molecular flexibility index (Phi) is 3.25. The van der Waals surface area contributed by atoms with Crippen molar-refractivity contribution in [1.82, 2.24) is 4.31 Å². The van der Waals surface area contributed by atoms with Gasteiger partial charge in [-0.3, -0.25) is 0 Å². The standard InChI is InChI=1S/C13H19NO3S/c1-10-5-7-11(8-6-10)18(15,16)14(12-9-17-12)13(2,3)4/h5-8,12H,9H2,1-4H3. The summed E-state index contributed by atoms with van der Waals surface area (Å²) in [5.41, 5.74) is 0.546.